The minimum absolute atomic E-state index is 0.0185. The summed E-state index contributed by atoms with van der Waals surface area (Å²) >= 11 is 6.43. The Labute approximate surface area is 372 Å². The van der Waals surface area contributed by atoms with E-state index in [1.54, 1.807) is 64.1 Å². The molecule has 0 bridgehead atoms. The molecule has 2 aliphatic heterocycles. The molecular formula is C46H70ClN3O12. The predicted octanol–water partition coefficient (Wildman–Crippen LogP) is 5.85. The van der Waals surface area contributed by atoms with Gasteiger partial charge in [-0.15, -0.1) is 0 Å². The molecule has 2 aromatic rings. The number of methoxy groups -OCH3 is 1. The molecule has 15 nitrogen and oxygen atoms in total. The molecule has 62 heavy (non-hydrogen) atoms. The number of esters is 1. The molecule has 2 saturated heterocycles. The Bertz CT molecular complexity index is 1780. The number of hydrogen-bond acceptors (Lipinski definition) is 14. The number of halogens is 1. The van der Waals surface area contributed by atoms with Crippen molar-refractivity contribution in [2.75, 3.05) is 27.7 Å². The van der Waals surface area contributed by atoms with Gasteiger partial charge in [0.05, 0.1) is 35.5 Å². The maximum Gasteiger partial charge on any atom is 0.407 e. The first-order chi connectivity index (χ1) is 29.1. The summed E-state index contributed by atoms with van der Waals surface area (Å²) < 4.78 is 31.8. The van der Waals surface area contributed by atoms with Gasteiger partial charge in [0.2, 0.25) is 0 Å². The van der Waals surface area contributed by atoms with Gasteiger partial charge in [-0.25, -0.2) is 4.79 Å². The third-order valence-electron chi connectivity index (χ3n) is 12.7. The normalized spacial score (nSPS) is 35.8. The quantitative estimate of drug-likeness (QED) is 0.126. The van der Waals surface area contributed by atoms with E-state index in [0.29, 0.717) is 29.1 Å². The third kappa shape index (κ3) is 12.6. The zero-order chi connectivity index (χ0) is 46.1. The van der Waals surface area contributed by atoms with Gasteiger partial charge in [0, 0.05) is 48.0 Å². The maximum atomic E-state index is 14.3. The number of oxime groups is 1. The van der Waals surface area contributed by atoms with E-state index in [4.69, 9.17) is 40.1 Å². The van der Waals surface area contributed by atoms with Crippen LogP contribution in [0.3, 0.4) is 0 Å². The van der Waals surface area contributed by atoms with E-state index in [2.05, 4.69) is 10.5 Å². The molecular weight excluding hydrogens is 822 g/mol. The molecule has 2 fully saturated rings. The van der Waals surface area contributed by atoms with Crippen molar-refractivity contribution in [2.45, 2.75) is 148 Å². The summed E-state index contributed by atoms with van der Waals surface area (Å²) in [6.07, 6.45) is -7.05. The average Bonchev–Trinajstić information content (AvgIpc) is 3.23. The lowest BCUT2D eigenvalue weighted by Gasteiger charge is -2.48. The Kier molecular flexibility index (Phi) is 18.4. The number of hydrogen-bond donors (Lipinski definition) is 5. The zero-order valence-corrected chi connectivity index (χ0v) is 38.9. The van der Waals surface area contributed by atoms with Crippen molar-refractivity contribution < 1.29 is 58.5 Å². The average molecular weight is 893 g/mol. The van der Waals surface area contributed by atoms with Gasteiger partial charge in [-0.05, 0) is 91.2 Å². The van der Waals surface area contributed by atoms with Gasteiger partial charge in [-0.3, -0.25) is 4.79 Å². The fourth-order valence-electron chi connectivity index (χ4n) is 8.89. The molecule has 0 saturated carbocycles. The monoisotopic (exact) mass is 891 g/mol. The fraction of sp³-hybridized carbons (Fsp3) is 0.674. The van der Waals surface area contributed by atoms with E-state index >= 15 is 0 Å². The van der Waals surface area contributed by atoms with Crippen LogP contribution in [-0.2, 0) is 46.3 Å². The number of ether oxygens (including phenoxy) is 5. The van der Waals surface area contributed by atoms with Gasteiger partial charge in [-0.1, -0.05) is 74.8 Å². The van der Waals surface area contributed by atoms with Crippen LogP contribution < -0.4 is 5.32 Å². The number of benzene rings is 2. The molecule has 348 valence electrons. The highest BCUT2D eigenvalue weighted by Crippen LogP contribution is 2.40. The molecule has 0 radical (unpaired) electrons. The van der Waals surface area contributed by atoms with Crippen LogP contribution in [0.1, 0.15) is 85.8 Å². The van der Waals surface area contributed by atoms with Gasteiger partial charge >= 0.3 is 12.1 Å². The number of nitrogens with zero attached hydrogens (tertiary/aromatic N) is 2. The predicted molar refractivity (Wildman–Crippen MR) is 235 cm³/mol. The minimum atomic E-state index is -1.98. The topological polar surface area (TPSA) is 198 Å². The standard InChI is InChI=1S/C46H70ClN3O12/c1-12-36-46(8,56)40(53)28(4)37(49-58-25-32-15-13-14-16-34(32)47)26(2)24-45(7,57-11)41(62-43-38(52)35(50(9)10)23-27(3)59-43)29(5)39(30(6)42(54)60-36)61-44(55)48-22-21-31-17-19-33(51)20-18-31/h13-20,26-30,35-36,38-41,43,51-53,56H,12,21-25H2,1-11H3,(H,48,55)/b49-37-/t26-,27-,28+,29+,30-,35+,36-,38-,39+,40-,41-,43+,45-,46-/m1/s1. The molecule has 0 aromatic heterocycles. The fourth-order valence-corrected chi connectivity index (χ4v) is 9.09. The Hall–Kier alpha value is -3.54. The van der Waals surface area contributed by atoms with Crippen molar-refractivity contribution in [3.05, 3.63) is 64.7 Å². The number of likely N-dealkylation sites (N-methyl/N-ethyl adjacent to an activating group) is 1. The van der Waals surface area contributed by atoms with Gasteiger partial charge < -0.3 is 59.2 Å². The number of aliphatic hydroxyl groups excluding tert-OH is 2. The number of aliphatic hydroxyl groups is 3. The van der Waals surface area contributed by atoms with Gasteiger partial charge in [0.15, 0.2) is 6.29 Å². The third-order valence-corrected chi connectivity index (χ3v) is 13.1. The molecule has 5 N–H and O–H groups in total. The Morgan fingerprint density at radius 3 is 2.31 bits per heavy atom. The van der Waals surface area contributed by atoms with E-state index in [1.165, 1.54) is 14.0 Å². The molecule has 14 atom stereocenters. The molecule has 0 unspecified atom stereocenters. The van der Waals surface area contributed by atoms with Crippen molar-refractivity contribution in [3.8, 4) is 5.75 Å². The molecule has 16 heteroatoms. The summed E-state index contributed by atoms with van der Waals surface area (Å²) in [7, 11) is 5.26. The van der Waals surface area contributed by atoms with Crippen LogP contribution in [0.15, 0.2) is 53.7 Å². The van der Waals surface area contributed by atoms with Crippen LogP contribution in [0.2, 0.25) is 5.02 Å². The number of cyclic esters (lactones) is 1. The van der Waals surface area contributed by atoms with Crippen molar-refractivity contribution >= 4 is 29.4 Å². The number of rotatable bonds is 12. The second kappa shape index (κ2) is 22.4. The van der Waals surface area contributed by atoms with Crippen molar-refractivity contribution in [1.29, 1.82) is 0 Å². The molecule has 2 aliphatic rings. The second-order valence-corrected chi connectivity index (χ2v) is 18.2. The summed E-state index contributed by atoms with van der Waals surface area (Å²) in [5.74, 6) is -4.02. The van der Waals surface area contributed by atoms with Crippen LogP contribution in [0.4, 0.5) is 4.79 Å². The van der Waals surface area contributed by atoms with Crippen LogP contribution in [0, 0.1) is 23.7 Å². The Morgan fingerprint density at radius 1 is 1.03 bits per heavy atom. The van der Waals surface area contributed by atoms with E-state index in [9.17, 15) is 30.0 Å². The van der Waals surface area contributed by atoms with E-state index in [0.717, 1.165) is 5.56 Å². The number of phenols is 1. The van der Waals surface area contributed by atoms with Crippen molar-refractivity contribution in [3.63, 3.8) is 0 Å². The Balaban J connectivity index is 1.83. The molecule has 2 heterocycles. The number of alkyl carbamates (subject to hydrolysis) is 1. The first kappa shape index (κ1) is 51.1. The van der Waals surface area contributed by atoms with Crippen LogP contribution >= 0.6 is 11.6 Å². The summed E-state index contributed by atoms with van der Waals surface area (Å²) in [6, 6.07) is 13.5. The summed E-state index contributed by atoms with van der Waals surface area (Å²) in [5.41, 5.74) is -1.33. The van der Waals surface area contributed by atoms with E-state index in [1.807, 2.05) is 51.9 Å². The molecule has 0 aliphatic carbocycles. The van der Waals surface area contributed by atoms with Crippen molar-refractivity contribution in [2.24, 2.45) is 28.8 Å². The highest BCUT2D eigenvalue weighted by atomic mass is 35.5. The largest absolute Gasteiger partial charge is 0.508 e. The lowest BCUT2D eigenvalue weighted by molar-refractivity contribution is -0.301. The number of carbonyl (C=O) groups is 2. The second-order valence-electron chi connectivity index (χ2n) is 17.8. The maximum absolute atomic E-state index is 14.3. The lowest BCUT2D eigenvalue weighted by atomic mass is 9.73. The first-order valence-corrected chi connectivity index (χ1v) is 22.0. The number of nitrogens with one attached hydrogen (secondary N) is 1. The first-order valence-electron chi connectivity index (χ1n) is 21.6. The number of phenolic OH excluding ortho intramolecular Hbond substituents is 1. The number of aromatic hydroxyl groups is 1. The van der Waals surface area contributed by atoms with Crippen LogP contribution in [0.25, 0.3) is 0 Å². The molecule has 1 amide bonds. The summed E-state index contributed by atoms with van der Waals surface area (Å²) in [6.45, 7) is 14.0. The van der Waals surface area contributed by atoms with Crippen LogP contribution in [0.5, 0.6) is 5.75 Å². The smallest absolute Gasteiger partial charge is 0.407 e. The minimum Gasteiger partial charge on any atom is -0.508 e. The summed E-state index contributed by atoms with van der Waals surface area (Å²) in [4.78, 5) is 35.9. The highest BCUT2D eigenvalue weighted by molar-refractivity contribution is 6.31. The highest BCUT2D eigenvalue weighted by Gasteiger charge is 2.52. The number of carbonyl (C=O) groups excluding carboxylic acids is 2. The molecule has 4 rings (SSSR count). The molecule has 2 aromatic carbocycles. The van der Waals surface area contributed by atoms with E-state index in [-0.39, 0.29) is 43.9 Å². The summed E-state index contributed by atoms with van der Waals surface area (Å²) in [5, 5.41) is 53.3. The number of amides is 1. The molecule has 0 spiro atoms. The van der Waals surface area contributed by atoms with Gasteiger partial charge in [0.25, 0.3) is 0 Å². The van der Waals surface area contributed by atoms with Crippen LogP contribution in [-0.4, -0.2) is 131 Å². The zero-order valence-electron chi connectivity index (χ0n) is 38.1. The van der Waals surface area contributed by atoms with Gasteiger partial charge in [0.1, 0.15) is 36.3 Å². The van der Waals surface area contributed by atoms with E-state index < -0.39 is 83.7 Å². The lowest BCUT2D eigenvalue weighted by Crippen LogP contribution is -2.60. The van der Waals surface area contributed by atoms with Crippen molar-refractivity contribution in [1.82, 2.24) is 10.2 Å². The van der Waals surface area contributed by atoms with Gasteiger partial charge in [-0.2, -0.15) is 0 Å². The Morgan fingerprint density at radius 2 is 1.69 bits per heavy atom. The SMILES string of the molecule is CC[C@H]1OC(=O)[C@H](C)[C@@H](OC(=O)NCCc2ccc(O)cc2)[C@H](C)[C@@H](O[C@@H]2O[C@H](C)C[C@H](N(C)C)[C@H]2O)[C@](C)(OC)C[C@@H](C)/C(=N/OCc2ccccc2Cl)[C@H](C)[C@@H](O)[C@]1(C)O.